The number of halogens is 2. The third kappa shape index (κ3) is 3.35. The van der Waals surface area contributed by atoms with Gasteiger partial charge in [0.1, 0.15) is 5.82 Å². The van der Waals surface area contributed by atoms with Gasteiger partial charge in [-0.3, -0.25) is 4.79 Å². The first-order valence-corrected chi connectivity index (χ1v) is 7.51. The van der Waals surface area contributed by atoms with E-state index in [1.165, 1.54) is 12.1 Å². The molecule has 2 rings (SSSR count). The zero-order valence-corrected chi connectivity index (χ0v) is 12.5. The molecule has 0 spiro atoms. The summed E-state index contributed by atoms with van der Waals surface area (Å²) in [5.74, 6) is -0.831. The first-order chi connectivity index (χ1) is 9.63. The van der Waals surface area contributed by atoms with Crippen LogP contribution in [-0.4, -0.2) is 28.9 Å². The maximum absolute atomic E-state index is 13.4. The zero-order chi connectivity index (χ0) is 14.5. The minimum absolute atomic E-state index is 0.120. The molecule has 6 heteroatoms. The van der Waals surface area contributed by atoms with Crippen LogP contribution in [0.15, 0.2) is 29.8 Å². The fraction of sp³-hybridized carbons (Fsp3) is 0.286. The van der Waals surface area contributed by atoms with Crippen molar-refractivity contribution in [3.63, 3.8) is 0 Å². The number of rotatable bonds is 5. The lowest BCUT2D eigenvalue weighted by atomic mass is 10.2. The van der Waals surface area contributed by atoms with Crippen molar-refractivity contribution in [3.8, 4) is 0 Å². The van der Waals surface area contributed by atoms with Gasteiger partial charge in [-0.2, -0.15) is 0 Å². The monoisotopic (exact) mass is 312 g/mol. The number of nitrogens with zero attached hydrogens (tertiary/aromatic N) is 2. The number of likely N-dealkylation sites (N-methyl/N-ethyl adjacent to an activating group) is 1. The number of hydrogen-bond donors (Lipinski definition) is 0. The average molecular weight is 313 g/mol. The molecule has 20 heavy (non-hydrogen) atoms. The molecule has 1 aromatic carbocycles. The quantitative estimate of drug-likeness (QED) is 0.844. The maximum atomic E-state index is 13.4. The Morgan fingerprint density at radius 2 is 2.30 bits per heavy atom. The molecule has 1 heterocycles. The summed E-state index contributed by atoms with van der Waals surface area (Å²) < 4.78 is 13.4. The molecule has 0 saturated heterocycles. The molecule has 3 nitrogen and oxygen atoms in total. The van der Waals surface area contributed by atoms with Crippen molar-refractivity contribution in [3.05, 3.63) is 51.2 Å². The highest BCUT2D eigenvalue weighted by atomic mass is 35.5. The summed E-state index contributed by atoms with van der Waals surface area (Å²) in [6, 6.07) is 4.27. The van der Waals surface area contributed by atoms with Crippen LogP contribution in [0.4, 0.5) is 4.39 Å². The number of amides is 1. The van der Waals surface area contributed by atoms with Crippen LogP contribution < -0.4 is 0 Å². The van der Waals surface area contributed by atoms with E-state index in [9.17, 15) is 9.18 Å². The van der Waals surface area contributed by atoms with E-state index in [1.54, 1.807) is 28.5 Å². The van der Waals surface area contributed by atoms with Gasteiger partial charge in [0, 0.05) is 31.1 Å². The predicted molar refractivity (Wildman–Crippen MR) is 78.8 cm³/mol. The van der Waals surface area contributed by atoms with Gasteiger partial charge in [0.05, 0.1) is 15.6 Å². The molecule has 2 aromatic rings. The van der Waals surface area contributed by atoms with Crippen LogP contribution in [0.2, 0.25) is 5.02 Å². The number of thiazole rings is 1. The number of benzene rings is 1. The van der Waals surface area contributed by atoms with E-state index in [-0.39, 0.29) is 16.5 Å². The molecule has 0 aliphatic rings. The number of carbonyl (C=O) groups excluding carboxylic acids is 1. The van der Waals surface area contributed by atoms with Crippen molar-refractivity contribution in [1.29, 1.82) is 0 Å². The van der Waals surface area contributed by atoms with Crippen LogP contribution in [0.5, 0.6) is 0 Å². The van der Waals surface area contributed by atoms with Crippen molar-refractivity contribution in [2.75, 3.05) is 13.1 Å². The summed E-state index contributed by atoms with van der Waals surface area (Å²) in [4.78, 5) is 18.2. The van der Waals surface area contributed by atoms with Crippen LogP contribution >= 0.6 is 22.9 Å². The molecule has 0 bridgehead atoms. The van der Waals surface area contributed by atoms with Gasteiger partial charge in [0.15, 0.2) is 0 Å². The Balaban J connectivity index is 2.10. The van der Waals surface area contributed by atoms with E-state index in [0.717, 1.165) is 5.01 Å². The third-order valence-electron chi connectivity index (χ3n) is 2.93. The Kier molecular flexibility index (Phi) is 5.09. The lowest BCUT2D eigenvalue weighted by Gasteiger charge is -2.21. The summed E-state index contributed by atoms with van der Waals surface area (Å²) in [5.41, 5.74) is 0.202. The Morgan fingerprint density at radius 3 is 2.95 bits per heavy atom. The Bertz CT molecular complexity index is 589. The summed E-state index contributed by atoms with van der Waals surface area (Å²) in [5, 5.41) is 2.75. The van der Waals surface area contributed by atoms with Gasteiger partial charge in [-0.05, 0) is 19.1 Å². The van der Waals surface area contributed by atoms with Crippen LogP contribution in [0, 0.1) is 5.82 Å². The van der Waals surface area contributed by atoms with E-state index in [2.05, 4.69) is 4.98 Å². The Morgan fingerprint density at radius 1 is 1.50 bits per heavy atom. The number of aromatic nitrogens is 1. The summed E-state index contributed by atoms with van der Waals surface area (Å²) in [7, 11) is 0. The highest BCUT2D eigenvalue weighted by Gasteiger charge is 2.19. The molecule has 0 radical (unpaired) electrons. The fourth-order valence-corrected chi connectivity index (χ4v) is 2.67. The predicted octanol–water partition coefficient (Wildman–Crippen LogP) is 3.64. The second kappa shape index (κ2) is 6.81. The standard InChI is InChI=1S/C14H14ClFN2OS/c1-2-18(8-6-12-17-7-9-20-12)14(19)10-4-3-5-11(16)13(10)15/h3-5,7,9H,2,6,8H2,1H3. The summed E-state index contributed by atoms with van der Waals surface area (Å²) in [6.45, 7) is 2.96. The van der Waals surface area contributed by atoms with Crippen LogP contribution in [0.3, 0.4) is 0 Å². The molecule has 1 aromatic heterocycles. The van der Waals surface area contributed by atoms with Gasteiger partial charge >= 0.3 is 0 Å². The van der Waals surface area contributed by atoms with Gasteiger partial charge in [0.2, 0.25) is 0 Å². The van der Waals surface area contributed by atoms with Crippen molar-refractivity contribution in [2.24, 2.45) is 0 Å². The van der Waals surface area contributed by atoms with Gasteiger partial charge in [-0.15, -0.1) is 11.3 Å². The maximum Gasteiger partial charge on any atom is 0.255 e. The van der Waals surface area contributed by atoms with Crippen molar-refractivity contribution in [2.45, 2.75) is 13.3 Å². The van der Waals surface area contributed by atoms with E-state index in [4.69, 9.17) is 11.6 Å². The first-order valence-electron chi connectivity index (χ1n) is 6.25. The molecule has 0 fully saturated rings. The van der Waals surface area contributed by atoms with E-state index in [1.807, 2.05) is 12.3 Å². The highest BCUT2D eigenvalue weighted by molar-refractivity contribution is 7.09. The van der Waals surface area contributed by atoms with E-state index < -0.39 is 5.82 Å². The molecule has 0 N–H and O–H groups in total. The third-order valence-corrected chi connectivity index (χ3v) is 4.15. The van der Waals surface area contributed by atoms with E-state index in [0.29, 0.717) is 19.5 Å². The van der Waals surface area contributed by atoms with Gasteiger partial charge in [-0.1, -0.05) is 17.7 Å². The molecule has 0 aliphatic carbocycles. The Labute approximate surface area is 126 Å². The molecule has 0 unspecified atom stereocenters. The molecule has 1 amide bonds. The average Bonchev–Trinajstić information content (AvgIpc) is 2.95. The van der Waals surface area contributed by atoms with E-state index >= 15 is 0 Å². The molecule has 0 atom stereocenters. The largest absolute Gasteiger partial charge is 0.338 e. The smallest absolute Gasteiger partial charge is 0.255 e. The van der Waals surface area contributed by atoms with Gasteiger partial charge in [-0.25, -0.2) is 9.37 Å². The SMILES string of the molecule is CCN(CCc1nccs1)C(=O)c1cccc(F)c1Cl. The molecular formula is C14H14ClFN2OS. The molecular weight excluding hydrogens is 299 g/mol. The number of carbonyl (C=O) groups is 1. The summed E-state index contributed by atoms with van der Waals surface area (Å²) in [6.07, 6.45) is 2.42. The topological polar surface area (TPSA) is 33.2 Å². The first kappa shape index (κ1) is 14.9. The number of hydrogen-bond acceptors (Lipinski definition) is 3. The highest BCUT2D eigenvalue weighted by Crippen LogP contribution is 2.21. The lowest BCUT2D eigenvalue weighted by molar-refractivity contribution is 0.0766. The second-order valence-corrected chi connectivity index (χ2v) is 5.52. The van der Waals surface area contributed by atoms with Crippen molar-refractivity contribution in [1.82, 2.24) is 9.88 Å². The second-order valence-electron chi connectivity index (χ2n) is 4.16. The fourth-order valence-electron chi connectivity index (χ4n) is 1.85. The molecule has 0 saturated carbocycles. The lowest BCUT2D eigenvalue weighted by Crippen LogP contribution is -2.33. The van der Waals surface area contributed by atoms with Crippen molar-refractivity contribution >= 4 is 28.8 Å². The van der Waals surface area contributed by atoms with Crippen LogP contribution in [0.25, 0.3) is 0 Å². The van der Waals surface area contributed by atoms with Crippen LogP contribution in [-0.2, 0) is 6.42 Å². The minimum Gasteiger partial charge on any atom is -0.338 e. The molecule has 0 aliphatic heterocycles. The summed E-state index contributed by atoms with van der Waals surface area (Å²) >= 11 is 7.41. The molecule has 106 valence electrons. The zero-order valence-electron chi connectivity index (χ0n) is 11.0. The van der Waals surface area contributed by atoms with Gasteiger partial charge < -0.3 is 4.90 Å². The normalized spacial score (nSPS) is 10.6. The van der Waals surface area contributed by atoms with Crippen molar-refractivity contribution < 1.29 is 9.18 Å². The Hall–Kier alpha value is -1.46. The van der Waals surface area contributed by atoms with Gasteiger partial charge in [0.25, 0.3) is 5.91 Å². The minimum atomic E-state index is -0.575. The van der Waals surface area contributed by atoms with Crippen LogP contribution in [0.1, 0.15) is 22.3 Å².